The molecule has 6 nitrogen and oxygen atoms in total. The topological polar surface area (TPSA) is 71.6 Å². The summed E-state index contributed by atoms with van der Waals surface area (Å²) in [6, 6.07) is 10.6. The number of amides is 2. The molecule has 2 saturated heterocycles. The number of hydrogen-bond donors (Lipinski definition) is 1. The highest BCUT2D eigenvalue weighted by molar-refractivity contribution is 5.89. The lowest BCUT2D eigenvalue weighted by molar-refractivity contribution is -0.139. The van der Waals surface area contributed by atoms with E-state index < -0.39 is 6.04 Å². The van der Waals surface area contributed by atoms with Gasteiger partial charge in [-0.3, -0.25) is 9.59 Å². The van der Waals surface area contributed by atoms with Crippen LogP contribution in [0.4, 0.5) is 0 Å². The maximum absolute atomic E-state index is 12.8. The molecule has 2 N–H and O–H groups in total. The van der Waals surface area contributed by atoms with Gasteiger partial charge in [-0.25, -0.2) is 0 Å². The highest BCUT2D eigenvalue weighted by Gasteiger charge is 2.34. The van der Waals surface area contributed by atoms with Crippen molar-refractivity contribution < 1.29 is 9.59 Å². The fraction of sp³-hybridized carbons (Fsp3) is 0.545. The number of aromatic nitrogens is 1. The molecule has 150 valence electrons. The highest BCUT2D eigenvalue weighted by atomic mass is 16.2. The third kappa shape index (κ3) is 3.53. The number of para-hydroxylation sites is 1. The summed E-state index contributed by atoms with van der Waals surface area (Å²) < 4.78 is 2.38. The number of aryl methyl sites for hydroxylation is 2. The number of nitrogens with two attached hydrogens (primary N) is 1. The molecule has 0 spiro atoms. The van der Waals surface area contributed by atoms with Crippen LogP contribution in [-0.4, -0.2) is 57.9 Å². The molecule has 2 aliphatic rings. The first-order valence-corrected chi connectivity index (χ1v) is 10.5. The van der Waals surface area contributed by atoms with Crippen molar-refractivity contribution in [3.63, 3.8) is 0 Å². The lowest BCUT2D eigenvalue weighted by Gasteiger charge is -2.27. The van der Waals surface area contributed by atoms with E-state index in [1.807, 2.05) is 4.90 Å². The second-order valence-electron chi connectivity index (χ2n) is 8.02. The Balaban J connectivity index is 1.40. The molecule has 4 rings (SSSR count). The Kier molecular flexibility index (Phi) is 5.40. The van der Waals surface area contributed by atoms with E-state index in [0.29, 0.717) is 13.0 Å². The molecule has 0 saturated carbocycles. The Morgan fingerprint density at radius 2 is 2.04 bits per heavy atom. The average Bonchev–Trinajstić information content (AvgIpc) is 3.39. The summed E-state index contributed by atoms with van der Waals surface area (Å²) in [6.07, 6.45) is 4.67. The van der Waals surface area contributed by atoms with Gasteiger partial charge in [-0.05, 0) is 56.5 Å². The van der Waals surface area contributed by atoms with Crippen molar-refractivity contribution in [1.82, 2.24) is 14.4 Å². The summed E-state index contributed by atoms with van der Waals surface area (Å²) in [5, 5.41) is 1.28. The Labute approximate surface area is 166 Å². The standard InChI is InChI=1S/C22H30N4O2/c1-2-25-18(14-16-6-3-4-8-20(16)25)10-9-17-7-5-12-26(17)21(27)15-24-13-11-19(23)22(24)28/h3-4,6,8,14,17,19H,2,5,7,9-13,15,23H2,1H3/t17-,19-/m0/s1. The number of likely N-dealkylation sites (tertiary alicyclic amines) is 2. The van der Waals surface area contributed by atoms with Gasteiger partial charge in [0, 0.05) is 36.9 Å². The van der Waals surface area contributed by atoms with Crippen molar-refractivity contribution in [1.29, 1.82) is 0 Å². The van der Waals surface area contributed by atoms with Gasteiger partial charge in [-0.1, -0.05) is 18.2 Å². The number of nitrogens with zero attached hydrogens (tertiary/aromatic N) is 3. The first-order valence-electron chi connectivity index (χ1n) is 10.5. The van der Waals surface area contributed by atoms with Gasteiger partial charge >= 0.3 is 0 Å². The minimum absolute atomic E-state index is 0.0704. The van der Waals surface area contributed by atoms with Crippen LogP contribution in [-0.2, 0) is 22.6 Å². The molecular formula is C22H30N4O2. The van der Waals surface area contributed by atoms with Crippen LogP contribution in [0.15, 0.2) is 30.3 Å². The summed E-state index contributed by atoms with van der Waals surface area (Å²) in [5.41, 5.74) is 8.40. The molecule has 0 radical (unpaired) electrons. The molecule has 2 aromatic rings. The smallest absolute Gasteiger partial charge is 0.242 e. The molecule has 1 aromatic heterocycles. The number of fused-ring (bicyclic) bond motifs is 1. The molecule has 0 aliphatic carbocycles. The van der Waals surface area contributed by atoms with Crippen LogP contribution in [0.5, 0.6) is 0 Å². The monoisotopic (exact) mass is 382 g/mol. The summed E-state index contributed by atoms with van der Waals surface area (Å²) in [6.45, 7) is 4.71. The number of hydrogen-bond acceptors (Lipinski definition) is 3. The maximum atomic E-state index is 12.8. The molecule has 0 bridgehead atoms. The van der Waals surface area contributed by atoms with Crippen LogP contribution in [0.1, 0.15) is 38.3 Å². The number of rotatable bonds is 6. The number of benzene rings is 1. The summed E-state index contributed by atoms with van der Waals surface area (Å²) in [7, 11) is 0. The van der Waals surface area contributed by atoms with E-state index in [2.05, 4.69) is 41.8 Å². The van der Waals surface area contributed by atoms with Crippen molar-refractivity contribution >= 4 is 22.7 Å². The Bertz CT molecular complexity index is 875. The molecule has 1 aromatic carbocycles. The molecule has 6 heteroatoms. The van der Waals surface area contributed by atoms with E-state index in [1.165, 1.54) is 16.6 Å². The van der Waals surface area contributed by atoms with Crippen molar-refractivity contribution in [2.75, 3.05) is 19.6 Å². The maximum Gasteiger partial charge on any atom is 0.242 e. The average molecular weight is 383 g/mol. The van der Waals surface area contributed by atoms with Crippen molar-refractivity contribution in [3.8, 4) is 0 Å². The fourth-order valence-electron chi connectivity index (χ4n) is 4.80. The SMILES string of the molecule is CCn1c(CC[C@@H]2CCCN2C(=O)CN2CC[C@H](N)C2=O)cc2ccccc21. The zero-order valence-corrected chi connectivity index (χ0v) is 16.6. The van der Waals surface area contributed by atoms with Gasteiger partial charge in [0.05, 0.1) is 12.6 Å². The van der Waals surface area contributed by atoms with Crippen LogP contribution >= 0.6 is 0 Å². The molecule has 2 amide bonds. The Morgan fingerprint density at radius 3 is 2.79 bits per heavy atom. The molecular weight excluding hydrogens is 352 g/mol. The summed E-state index contributed by atoms with van der Waals surface area (Å²) in [5.74, 6) is -0.0162. The third-order valence-corrected chi connectivity index (χ3v) is 6.31. The molecule has 2 aliphatic heterocycles. The summed E-state index contributed by atoms with van der Waals surface area (Å²) >= 11 is 0. The van der Waals surface area contributed by atoms with Crippen molar-refractivity contribution in [3.05, 3.63) is 36.0 Å². The molecule has 0 unspecified atom stereocenters. The predicted octanol–water partition coefficient (Wildman–Crippen LogP) is 2.14. The minimum Gasteiger partial charge on any atom is -0.345 e. The van der Waals surface area contributed by atoms with E-state index in [0.717, 1.165) is 38.8 Å². The van der Waals surface area contributed by atoms with Gasteiger partial charge in [0.15, 0.2) is 0 Å². The van der Waals surface area contributed by atoms with Crippen LogP contribution < -0.4 is 5.73 Å². The highest BCUT2D eigenvalue weighted by Crippen LogP contribution is 2.25. The lowest BCUT2D eigenvalue weighted by atomic mass is 10.1. The van der Waals surface area contributed by atoms with E-state index in [-0.39, 0.29) is 24.4 Å². The third-order valence-electron chi connectivity index (χ3n) is 6.31. The lowest BCUT2D eigenvalue weighted by Crippen LogP contribution is -2.44. The van der Waals surface area contributed by atoms with E-state index >= 15 is 0 Å². The second-order valence-corrected chi connectivity index (χ2v) is 8.02. The van der Waals surface area contributed by atoms with Gasteiger partial charge in [0.25, 0.3) is 0 Å². The van der Waals surface area contributed by atoms with Gasteiger partial charge in [-0.15, -0.1) is 0 Å². The molecule has 28 heavy (non-hydrogen) atoms. The molecule has 3 heterocycles. The fourth-order valence-corrected chi connectivity index (χ4v) is 4.80. The predicted molar refractivity (Wildman–Crippen MR) is 110 cm³/mol. The van der Waals surface area contributed by atoms with Crippen LogP contribution in [0, 0.1) is 0 Å². The van der Waals surface area contributed by atoms with Crippen molar-refractivity contribution in [2.45, 2.75) is 57.7 Å². The van der Waals surface area contributed by atoms with Crippen LogP contribution in [0.3, 0.4) is 0 Å². The largest absolute Gasteiger partial charge is 0.345 e. The Morgan fingerprint density at radius 1 is 1.21 bits per heavy atom. The first kappa shape index (κ1) is 19.0. The zero-order valence-electron chi connectivity index (χ0n) is 16.6. The molecule has 2 fully saturated rings. The van der Waals surface area contributed by atoms with Crippen LogP contribution in [0.25, 0.3) is 10.9 Å². The van der Waals surface area contributed by atoms with Gasteiger partial charge in [0.2, 0.25) is 11.8 Å². The minimum atomic E-state index is -0.432. The van der Waals surface area contributed by atoms with Gasteiger partial charge < -0.3 is 20.1 Å². The first-order chi connectivity index (χ1) is 13.6. The molecule has 2 atom stereocenters. The zero-order chi connectivity index (χ0) is 19.7. The van der Waals surface area contributed by atoms with Gasteiger partial charge in [0.1, 0.15) is 0 Å². The van der Waals surface area contributed by atoms with Crippen LogP contribution in [0.2, 0.25) is 0 Å². The quantitative estimate of drug-likeness (QED) is 0.832. The van der Waals surface area contributed by atoms with Crippen molar-refractivity contribution in [2.24, 2.45) is 5.73 Å². The Hall–Kier alpha value is -2.34. The van der Waals surface area contributed by atoms with Gasteiger partial charge in [-0.2, -0.15) is 0 Å². The second kappa shape index (κ2) is 7.95. The number of carbonyl (C=O) groups is 2. The summed E-state index contributed by atoms with van der Waals surface area (Å²) in [4.78, 5) is 28.5. The normalized spacial score (nSPS) is 22.6. The number of carbonyl (C=O) groups excluding carboxylic acids is 2. The van der Waals surface area contributed by atoms with E-state index in [4.69, 9.17) is 5.73 Å². The van der Waals surface area contributed by atoms with E-state index in [9.17, 15) is 9.59 Å². The van der Waals surface area contributed by atoms with E-state index in [1.54, 1.807) is 4.90 Å².